The quantitative estimate of drug-likeness (QED) is 0.846. The molecule has 6 heteroatoms. The number of hydrogen-bond donors (Lipinski definition) is 1. The Balaban J connectivity index is 1.76. The third-order valence-electron chi connectivity index (χ3n) is 3.08. The second kappa shape index (κ2) is 4.70. The fourth-order valence-electron chi connectivity index (χ4n) is 2.07. The number of fused-ring (bicyclic) bond motifs is 1. The van der Waals surface area contributed by atoms with Crippen molar-refractivity contribution in [3.05, 3.63) is 58.9 Å². The zero-order chi connectivity index (χ0) is 13.4. The summed E-state index contributed by atoms with van der Waals surface area (Å²) in [5.74, 6) is -0.321. The van der Waals surface area contributed by atoms with Crippen LogP contribution in [0.15, 0.2) is 47.5 Å². The van der Waals surface area contributed by atoms with Crippen LogP contribution in [0.25, 0.3) is 0 Å². The summed E-state index contributed by atoms with van der Waals surface area (Å²) < 4.78 is 13.7. The van der Waals surface area contributed by atoms with Crippen LogP contribution in [0.1, 0.15) is 5.56 Å². The van der Waals surface area contributed by atoms with E-state index >= 15 is 0 Å². The topological polar surface area (TPSA) is 35.6 Å². The molecule has 1 aromatic rings. The molecule has 0 aromatic heterocycles. The standard InChI is InChI=1S/C13H11BrFN3O/c14-11-7-16-12-13(19)17(5-6-18(11)12)8-9-1-3-10(15)4-2-9/h1-7,12,16H,8H2. The van der Waals surface area contributed by atoms with Crippen molar-refractivity contribution in [3.63, 3.8) is 0 Å². The maximum absolute atomic E-state index is 12.8. The van der Waals surface area contributed by atoms with Crippen molar-refractivity contribution in [2.24, 2.45) is 0 Å². The van der Waals surface area contributed by atoms with Crippen molar-refractivity contribution in [1.29, 1.82) is 0 Å². The Morgan fingerprint density at radius 3 is 2.74 bits per heavy atom. The van der Waals surface area contributed by atoms with Gasteiger partial charge < -0.3 is 15.1 Å². The molecule has 1 amide bonds. The average Bonchev–Trinajstić information content (AvgIpc) is 2.78. The number of hydrogen-bond acceptors (Lipinski definition) is 3. The van der Waals surface area contributed by atoms with E-state index in [0.717, 1.165) is 10.2 Å². The van der Waals surface area contributed by atoms with Gasteiger partial charge in [0, 0.05) is 18.6 Å². The largest absolute Gasteiger partial charge is 0.361 e. The van der Waals surface area contributed by atoms with Gasteiger partial charge in [-0.3, -0.25) is 4.79 Å². The van der Waals surface area contributed by atoms with Crippen LogP contribution in [0.5, 0.6) is 0 Å². The van der Waals surface area contributed by atoms with Crippen molar-refractivity contribution in [2.45, 2.75) is 12.7 Å². The van der Waals surface area contributed by atoms with E-state index in [4.69, 9.17) is 0 Å². The van der Waals surface area contributed by atoms with Gasteiger partial charge in [-0.15, -0.1) is 0 Å². The molecule has 1 aromatic carbocycles. The summed E-state index contributed by atoms with van der Waals surface area (Å²) >= 11 is 3.36. The van der Waals surface area contributed by atoms with Gasteiger partial charge in [0.1, 0.15) is 10.4 Å². The lowest BCUT2D eigenvalue weighted by molar-refractivity contribution is -0.134. The van der Waals surface area contributed by atoms with Gasteiger partial charge in [-0.25, -0.2) is 4.39 Å². The molecule has 0 saturated carbocycles. The number of nitrogens with zero attached hydrogens (tertiary/aromatic N) is 2. The summed E-state index contributed by atoms with van der Waals surface area (Å²) in [4.78, 5) is 15.7. The number of amides is 1. The van der Waals surface area contributed by atoms with Gasteiger partial charge >= 0.3 is 0 Å². The van der Waals surface area contributed by atoms with E-state index in [-0.39, 0.29) is 11.7 Å². The van der Waals surface area contributed by atoms with Crippen molar-refractivity contribution in [2.75, 3.05) is 0 Å². The van der Waals surface area contributed by atoms with E-state index in [9.17, 15) is 9.18 Å². The Labute approximate surface area is 118 Å². The first-order valence-electron chi connectivity index (χ1n) is 5.78. The van der Waals surface area contributed by atoms with Crippen molar-refractivity contribution in [1.82, 2.24) is 15.1 Å². The highest BCUT2D eigenvalue weighted by atomic mass is 79.9. The van der Waals surface area contributed by atoms with Gasteiger partial charge in [0.05, 0.1) is 6.54 Å². The minimum atomic E-state index is -0.403. The van der Waals surface area contributed by atoms with Crippen molar-refractivity contribution < 1.29 is 9.18 Å². The van der Waals surface area contributed by atoms with Gasteiger partial charge in [-0.05, 0) is 33.6 Å². The van der Waals surface area contributed by atoms with E-state index in [1.54, 1.807) is 29.4 Å². The van der Waals surface area contributed by atoms with Crippen molar-refractivity contribution in [3.8, 4) is 0 Å². The molecule has 0 aliphatic carbocycles. The predicted molar refractivity (Wildman–Crippen MR) is 71.9 cm³/mol. The third kappa shape index (κ3) is 2.23. The summed E-state index contributed by atoms with van der Waals surface area (Å²) in [6, 6.07) is 6.15. The van der Waals surface area contributed by atoms with Crippen LogP contribution < -0.4 is 5.32 Å². The smallest absolute Gasteiger partial charge is 0.270 e. The second-order valence-electron chi connectivity index (χ2n) is 4.33. The molecule has 98 valence electrons. The van der Waals surface area contributed by atoms with E-state index in [1.807, 2.05) is 11.1 Å². The fourth-order valence-corrected chi connectivity index (χ4v) is 2.53. The molecule has 19 heavy (non-hydrogen) atoms. The number of halogens is 2. The van der Waals surface area contributed by atoms with Crippen LogP contribution in [0.4, 0.5) is 4.39 Å². The maximum Gasteiger partial charge on any atom is 0.270 e. The Bertz CT molecular complexity index is 570. The molecule has 1 unspecified atom stereocenters. The lowest BCUT2D eigenvalue weighted by Crippen LogP contribution is -2.50. The van der Waals surface area contributed by atoms with Crippen LogP contribution >= 0.6 is 15.9 Å². The van der Waals surface area contributed by atoms with Crippen LogP contribution in [0.2, 0.25) is 0 Å². The molecule has 2 heterocycles. The molecule has 0 fully saturated rings. The molecule has 1 N–H and O–H groups in total. The molecular weight excluding hydrogens is 313 g/mol. The monoisotopic (exact) mass is 323 g/mol. The van der Waals surface area contributed by atoms with Crippen molar-refractivity contribution >= 4 is 21.8 Å². The highest BCUT2D eigenvalue weighted by Gasteiger charge is 2.35. The van der Waals surface area contributed by atoms with Crippen LogP contribution in [0, 0.1) is 5.82 Å². The highest BCUT2D eigenvalue weighted by Crippen LogP contribution is 2.25. The molecular formula is C13H11BrFN3O. The lowest BCUT2D eigenvalue weighted by atomic mass is 10.2. The van der Waals surface area contributed by atoms with Crippen LogP contribution in [0.3, 0.4) is 0 Å². The predicted octanol–water partition coefficient (Wildman–Crippen LogP) is 2.06. The first kappa shape index (κ1) is 12.2. The van der Waals surface area contributed by atoms with E-state index in [1.165, 1.54) is 12.1 Å². The number of nitrogens with one attached hydrogen (secondary N) is 1. The molecule has 0 radical (unpaired) electrons. The molecule has 1 atom stereocenters. The first-order valence-corrected chi connectivity index (χ1v) is 6.58. The van der Waals surface area contributed by atoms with Gasteiger partial charge in [-0.2, -0.15) is 0 Å². The lowest BCUT2D eigenvalue weighted by Gasteiger charge is -2.32. The Kier molecular flexibility index (Phi) is 3.02. The number of carbonyl (C=O) groups is 1. The van der Waals surface area contributed by atoms with Gasteiger partial charge in [-0.1, -0.05) is 12.1 Å². The summed E-state index contributed by atoms with van der Waals surface area (Å²) in [6.45, 7) is 0.430. The van der Waals surface area contributed by atoms with Gasteiger partial charge in [0.15, 0.2) is 6.17 Å². The molecule has 4 nitrogen and oxygen atoms in total. The molecule has 0 saturated heterocycles. The maximum atomic E-state index is 12.8. The zero-order valence-electron chi connectivity index (χ0n) is 9.88. The number of benzene rings is 1. The van der Waals surface area contributed by atoms with Crippen LogP contribution in [-0.2, 0) is 11.3 Å². The highest BCUT2D eigenvalue weighted by molar-refractivity contribution is 9.11. The summed E-state index contributed by atoms with van der Waals surface area (Å²) in [5, 5.41) is 3.00. The minimum absolute atomic E-state index is 0.0440. The Morgan fingerprint density at radius 2 is 2.00 bits per heavy atom. The second-order valence-corrected chi connectivity index (χ2v) is 5.15. The number of carbonyl (C=O) groups excluding carboxylic acids is 1. The van der Waals surface area contributed by atoms with E-state index in [2.05, 4.69) is 21.2 Å². The summed E-state index contributed by atoms with van der Waals surface area (Å²) in [5.41, 5.74) is 0.887. The molecule has 0 spiro atoms. The van der Waals surface area contributed by atoms with Gasteiger partial charge in [0.25, 0.3) is 5.91 Å². The SMILES string of the molecule is O=C1C2NC=C(Br)N2C=CN1Cc1ccc(F)cc1. The van der Waals surface area contributed by atoms with E-state index in [0.29, 0.717) is 6.54 Å². The molecule has 2 aliphatic heterocycles. The molecule has 0 bridgehead atoms. The molecule has 3 rings (SSSR count). The van der Waals surface area contributed by atoms with E-state index < -0.39 is 6.17 Å². The van der Waals surface area contributed by atoms with Gasteiger partial charge in [0.2, 0.25) is 0 Å². The zero-order valence-corrected chi connectivity index (χ0v) is 11.5. The first-order chi connectivity index (χ1) is 9.15. The normalized spacial score (nSPS) is 21.3. The Hall–Kier alpha value is -1.82. The third-order valence-corrected chi connectivity index (χ3v) is 3.71. The Morgan fingerprint density at radius 1 is 1.26 bits per heavy atom. The summed E-state index contributed by atoms with van der Waals surface area (Å²) in [6.07, 6.45) is 4.90. The minimum Gasteiger partial charge on any atom is -0.361 e. The fraction of sp³-hybridized carbons (Fsp3) is 0.154. The number of rotatable bonds is 2. The average molecular weight is 324 g/mol. The van der Waals surface area contributed by atoms with Crippen LogP contribution in [-0.4, -0.2) is 21.9 Å². The summed E-state index contributed by atoms with van der Waals surface area (Å²) in [7, 11) is 0. The molecule has 2 aliphatic rings.